The molecule has 1 atom stereocenters. The second kappa shape index (κ2) is 2.55. The van der Waals surface area contributed by atoms with Gasteiger partial charge in [0.05, 0.1) is 6.10 Å². The van der Waals surface area contributed by atoms with E-state index in [1.165, 1.54) is 0 Å². The van der Waals surface area contributed by atoms with Crippen molar-refractivity contribution in [1.29, 1.82) is 0 Å². The molecule has 1 heterocycles. The van der Waals surface area contributed by atoms with Gasteiger partial charge in [0.1, 0.15) is 6.54 Å². The summed E-state index contributed by atoms with van der Waals surface area (Å²) in [4.78, 5) is 0. The maximum atomic E-state index is 9.18. The van der Waals surface area contributed by atoms with Gasteiger partial charge >= 0.3 is 0 Å². The highest BCUT2D eigenvalue weighted by Gasteiger charge is 2.15. The number of rotatable bonds is 0. The highest BCUT2D eigenvalue weighted by molar-refractivity contribution is 5.54. The van der Waals surface area contributed by atoms with E-state index in [9.17, 15) is 5.11 Å². The highest BCUT2D eigenvalue weighted by atomic mass is 16.3. The predicted molar refractivity (Wildman–Crippen MR) is 43.0 cm³/mol. The maximum Gasteiger partial charge on any atom is 0.120 e. The first-order chi connectivity index (χ1) is 5.36. The topological polar surface area (TPSA) is 32.3 Å². The third kappa shape index (κ3) is 1.21. The number of aliphatic hydroxyl groups is 1. The Bertz CT molecular complexity index is 259. The Kier molecular flexibility index (Phi) is 1.55. The minimum absolute atomic E-state index is 0.468. The smallest absolute Gasteiger partial charge is 0.120 e. The molecule has 0 saturated carbocycles. The van der Waals surface area contributed by atoms with Crippen LogP contribution in [0.3, 0.4) is 0 Å². The Morgan fingerprint density at radius 3 is 3.18 bits per heavy atom. The van der Waals surface area contributed by atoms with Gasteiger partial charge in [0, 0.05) is 12.1 Å². The molecule has 1 aliphatic heterocycles. The van der Waals surface area contributed by atoms with E-state index < -0.39 is 6.10 Å². The standard InChI is InChI=1S/C9H9NO/c11-8-5-7-3-1-2-4-9(7)10-6-8/h1-4,8,10-11H,5H2. The fourth-order valence-electron chi connectivity index (χ4n) is 1.24. The molecule has 0 saturated heterocycles. The van der Waals surface area contributed by atoms with Crippen LogP contribution in [-0.2, 0) is 6.42 Å². The van der Waals surface area contributed by atoms with E-state index in [0.717, 1.165) is 11.3 Å². The quantitative estimate of drug-likeness (QED) is 0.575. The van der Waals surface area contributed by atoms with Crippen LogP contribution in [-0.4, -0.2) is 11.2 Å². The van der Waals surface area contributed by atoms with E-state index >= 15 is 0 Å². The van der Waals surface area contributed by atoms with Crippen molar-refractivity contribution in [1.82, 2.24) is 0 Å². The zero-order valence-electron chi connectivity index (χ0n) is 6.04. The second-order valence-electron chi connectivity index (χ2n) is 2.65. The van der Waals surface area contributed by atoms with Crippen molar-refractivity contribution >= 4 is 5.69 Å². The molecule has 2 N–H and O–H groups in total. The first-order valence-corrected chi connectivity index (χ1v) is 3.64. The van der Waals surface area contributed by atoms with E-state index in [1.807, 2.05) is 24.3 Å². The summed E-state index contributed by atoms with van der Waals surface area (Å²) in [5, 5.41) is 12.1. The minimum atomic E-state index is -0.468. The third-order valence-corrected chi connectivity index (χ3v) is 1.80. The molecular formula is C9H9NO. The third-order valence-electron chi connectivity index (χ3n) is 1.80. The molecule has 1 aromatic rings. The number of benzene rings is 1. The first kappa shape index (κ1) is 6.68. The molecule has 2 radical (unpaired) electrons. The lowest BCUT2D eigenvalue weighted by molar-refractivity contribution is 0.206. The summed E-state index contributed by atoms with van der Waals surface area (Å²) in [6.45, 7) is 2.74. The lowest BCUT2D eigenvalue weighted by Crippen LogP contribution is -2.22. The van der Waals surface area contributed by atoms with Crippen molar-refractivity contribution in [3.63, 3.8) is 0 Å². The number of nitrogens with one attached hydrogen (secondary N) is 1. The van der Waals surface area contributed by atoms with Crippen LogP contribution in [0.25, 0.3) is 0 Å². The number of aliphatic hydroxyl groups excluding tert-OH is 1. The Morgan fingerprint density at radius 1 is 1.45 bits per heavy atom. The van der Waals surface area contributed by atoms with Crippen LogP contribution in [0.2, 0.25) is 0 Å². The number of anilines is 1. The Balaban J connectivity index is 2.34. The molecule has 56 valence electrons. The van der Waals surface area contributed by atoms with Crippen LogP contribution in [0.1, 0.15) is 5.56 Å². The molecule has 1 aromatic carbocycles. The zero-order valence-corrected chi connectivity index (χ0v) is 6.04. The lowest BCUT2D eigenvalue weighted by Gasteiger charge is -2.20. The van der Waals surface area contributed by atoms with Crippen molar-refractivity contribution in [2.75, 3.05) is 5.32 Å². The average molecular weight is 147 g/mol. The number of hydrogen-bond acceptors (Lipinski definition) is 2. The van der Waals surface area contributed by atoms with Crippen LogP contribution in [0.15, 0.2) is 24.3 Å². The molecule has 2 heteroatoms. The van der Waals surface area contributed by atoms with Gasteiger partial charge in [0.25, 0.3) is 0 Å². The molecule has 0 spiro atoms. The monoisotopic (exact) mass is 147 g/mol. The molecule has 1 unspecified atom stereocenters. The van der Waals surface area contributed by atoms with Crippen LogP contribution >= 0.6 is 0 Å². The van der Waals surface area contributed by atoms with Gasteiger partial charge < -0.3 is 10.4 Å². The Morgan fingerprint density at radius 2 is 2.27 bits per heavy atom. The maximum absolute atomic E-state index is 9.18. The van der Waals surface area contributed by atoms with Crippen LogP contribution in [0, 0.1) is 6.54 Å². The van der Waals surface area contributed by atoms with Crippen molar-refractivity contribution < 1.29 is 5.11 Å². The molecule has 0 amide bonds. The molecule has 0 aromatic heterocycles. The normalized spacial score (nSPS) is 22.1. The van der Waals surface area contributed by atoms with Crippen molar-refractivity contribution in [3.8, 4) is 0 Å². The summed E-state index contributed by atoms with van der Waals surface area (Å²) in [6.07, 6.45) is 0.202. The number of para-hydroxylation sites is 1. The van der Waals surface area contributed by atoms with Crippen molar-refractivity contribution in [2.24, 2.45) is 0 Å². The van der Waals surface area contributed by atoms with Crippen LogP contribution in [0.4, 0.5) is 5.69 Å². The van der Waals surface area contributed by atoms with Gasteiger partial charge in [-0.3, -0.25) is 0 Å². The van der Waals surface area contributed by atoms with Gasteiger partial charge in [-0.15, -0.1) is 0 Å². The minimum Gasteiger partial charge on any atom is -0.390 e. The van der Waals surface area contributed by atoms with Gasteiger partial charge in [-0.2, -0.15) is 0 Å². The Hall–Kier alpha value is -1.02. The zero-order chi connectivity index (χ0) is 7.68. The van der Waals surface area contributed by atoms with E-state index in [4.69, 9.17) is 0 Å². The summed E-state index contributed by atoms with van der Waals surface area (Å²) in [5.74, 6) is 0. The van der Waals surface area contributed by atoms with Gasteiger partial charge in [0.15, 0.2) is 0 Å². The molecule has 11 heavy (non-hydrogen) atoms. The van der Waals surface area contributed by atoms with Crippen LogP contribution in [0.5, 0.6) is 0 Å². The largest absolute Gasteiger partial charge is 0.390 e. The summed E-state index contributed by atoms with van der Waals surface area (Å²) in [5.41, 5.74) is 2.21. The Labute approximate surface area is 65.9 Å². The van der Waals surface area contributed by atoms with Crippen molar-refractivity contribution in [2.45, 2.75) is 12.5 Å². The van der Waals surface area contributed by atoms with E-state index in [-0.39, 0.29) is 0 Å². The lowest BCUT2D eigenvalue weighted by atomic mass is 10.0. The molecule has 0 fully saturated rings. The number of fused-ring (bicyclic) bond motifs is 1. The SMILES string of the molecule is OC1[C]Nc2ccccc2C1. The molecular weight excluding hydrogens is 138 g/mol. The molecule has 2 rings (SSSR count). The number of hydrogen-bond donors (Lipinski definition) is 2. The first-order valence-electron chi connectivity index (χ1n) is 3.64. The van der Waals surface area contributed by atoms with Gasteiger partial charge in [-0.05, 0) is 11.6 Å². The molecule has 2 nitrogen and oxygen atoms in total. The summed E-state index contributed by atoms with van der Waals surface area (Å²) in [6, 6.07) is 7.92. The summed E-state index contributed by atoms with van der Waals surface area (Å²) >= 11 is 0. The van der Waals surface area contributed by atoms with Crippen LogP contribution < -0.4 is 5.32 Å². The highest BCUT2D eigenvalue weighted by Crippen LogP contribution is 2.22. The predicted octanol–water partition coefficient (Wildman–Crippen LogP) is 1.05. The van der Waals surface area contributed by atoms with E-state index in [2.05, 4.69) is 11.9 Å². The molecule has 0 aliphatic carbocycles. The second-order valence-corrected chi connectivity index (χ2v) is 2.65. The fourth-order valence-corrected chi connectivity index (χ4v) is 1.24. The fraction of sp³-hybridized carbons (Fsp3) is 0.222. The van der Waals surface area contributed by atoms with Gasteiger partial charge in [0.2, 0.25) is 0 Å². The van der Waals surface area contributed by atoms with Gasteiger partial charge in [-0.25, -0.2) is 0 Å². The van der Waals surface area contributed by atoms with E-state index in [0.29, 0.717) is 6.42 Å². The summed E-state index contributed by atoms with van der Waals surface area (Å²) in [7, 11) is 0. The average Bonchev–Trinajstić information content (AvgIpc) is 2.04. The van der Waals surface area contributed by atoms with Crippen molar-refractivity contribution in [3.05, 3.63) is 36.4 Å². The molecule has 1 aliphatic rings. The summed E-state index contributed by atoms with van der Waals surface area (Å²) < 4.78 is 0. The van der Waals surface area contributed by atoms with E-state index in [1.54, 1.807) is 0 Å². The van der Waals surface area contributed by atoms with Gasteiger partial charge in [-0.1, -0.05) is 18.2 Å². The molecule has 0 bridgehead atoms.